The molecule has 4 nitrogen and oxygen atoms in total. The van der Waals surface area contributed by atoms with Crippen molar-refractivity contribution in [3.05, 3.63) is 100.0 Å². The molecule has 1 heterocycles. The molecule has 0 fully saturated rings. The molecule has 0 unspecified atom stereocenters. The highest BCUT2D eigenvalue weighted by molar-refractivity contribution is 8.04. The Balaban J connectivity index is 1.69. The first kappa shape index (κ1) is 23.8. The van der Waals surface area contributed by atoms with Crippen molar-refractivity contribution < 1.29 is 9.59 Å². The standard InChI is InChI=1S/C29H30N2O2S/c1-20(2)14-15-30-28(32)24-12-13-26-25(18-24)31(19-23-11-7-8-21(3)16-23)29(33)27(34-26)17-22-9-5-4-6-10-22/h4-13,16-18,20H,14-15,19H2,1-3H3,(H,30,32)/b27-17-. The van der Waals surface area contributed by atoms with Crippen LogP contribution < -0.4 is 10.2 Å². The maximum Gasteiger partial charge on any atom is 0.265 e. The van der Waals surface area contributed by atoms with Crippen molar-refractivity contribution in [3.63, 3.8) is 0 Å². The zero-order chi connectivity index (χ0) is 24.1. The first-order valence-electron chi connectivity index (χ1n) is 11.6. The van der Waals surface area contributed by atoms with E-state index in [1.54, 1.807) is 4.90 Å². The first-order chi connectivity index (χ1) is 16.4. The molecule has 1 aliphatic heterocycles. The summed E-state index contributed by atoms with van der Waals surface area (Å²) in [6, 6.07) is 23.7. The summed E-state index contributed by atoms with van der Waals surface area (Å²) in [7, 11) is 0. The van der Waals surface area contributed by atoms with E-state index in [9.17, 15) is 9.59 Å². The highest BCUT2D eigenvalue weighted by Crippen LogP contribution is 2.43. The van der Waals surface area contributed by atoms with Crippen molar-refractivity contribution in [2.45, 2.75) is 38.6 Å². The third-order valence-electron chi connectivity index (χ3n) is 5.72. The second kappa shape index (κ2) is 10.7. The van der Waals surface area contributed by atoms with Crippen LogP contribution in [0.4, 0.5) is 5.69 Å². The highest BCUT2D eigenvalue weighted by atomic mass is 32.2. The van der Waals surface area contributed by atoms with Gasteiger partial charge in [-0.15, -0.1) is 0 Å². The van der Waals surface area contributed by atoms with Crippen LogP contribution in [0.25, 0.3) is 6.08 Å². The molecule has 5 heteroatoms. The van der Waals surface area contributed by atoms with Gasteiger partial charge in [0.2, 0.25) is 0 Å². The van der Waals surface area contributed by atoms with Crippen LogP contribution in [0.3, 0.4) is 0 Å². The Hall–Kier alpha value is -3.31. The molecule has 3 aromatic carbocycles. The van der Waals surface area contributed by atoms with Gasteiger partial charge in [0.25, 0.3) is 11.8 Å². The lowest BCUT2D eigenvalue weighted by Crippen LogP contribution is -2.34. The Morgan fingerprint density at radius 1 is 1.03 bits per heavy atom. The van der Waals surface area contributed by atoms with Crippen LogP contribution in [0.5, 0.6) is 0 Å². The van der Waals surface area contributed by atoms with Crippen LogP contribution >= 0.6 is 11.8 Å². The smallest absolute Gasteiger partial charge is 0.265 e. The maximum absolute atomic E-state index is 13.6. The number of nitrogens with zero attached hydrogens (tertiary/aromatic N) is 1. The normalized spacial score (nSPS) is 14.4. The second-order valence-electron chi connectivity index (χ2n) is 9.02. The number of benzene rings is 3. The van der Waals surface area contributed by atoms with Gasteiger partial charge in [-0.05, 0) is 54.7 Å². The highest BCUT2D eigenvalue weighted by Gasteiger charge is 2.30. The van der Waals surface area contributed by atoms with E-state index >= 15 is 0 Å². The fourth-order valence-corrected chi connectivity index (χ4v) is 4.92. The molecule has 3 aromatic rings. The Morgan fingerprint density at radius 3 is 2.56 bits per heavy atom. The number of hydrogen-bond acceptors (Lipinski definition) is 3. The number of thioether (sulfide) groups is 1. The topological polar surface area (TPSA) is 49.4 Å². The molecule has 2 amide bonds. The molecule has 1 N–H and O–H groups in total. The predicted molar refractivity (Wildman–Crippen MR) is 141 cm³/mol. The van der Waals surface area contributed by atoms with E-state index in [0.717, 1.165) is 33.7 Å². The second-order valence-corrected chi connectivity index (χ2v) is 10.1. The Labute approximate surface area is 206 Å². The molecule has 174 valence electrons. The number of carbonyl (C=O) groups is 2. The summed E-state index contributed by atoms with van der Waals surface area (Å²) in [6.45, 7) is 7.40. The minimum absolute atomic E-state index is 0.0553. The largest absolute Gasteiger partial charge is 0.352 e. The molecule has 0 spiro atoms. The molecule has 0 aromatic heterocycles. The zero-order valence-corrected chi connectivity index (χ0v) is 20.7. The minimum atomic E-state index is -0.109. The third kappa shape index (κ3) is 5.78. The van der Waals surface area contributed by atoms with Crippen molar-refractivity contribution in [3.8, 4) is 0 Å². The fourth-order valence-electron chi connectivity index (χ4n) is 3.88. The summed E-state index contributed by atoms with van der Waals surface area (Å²) in [4.78, 5) is 29.8. The molecule has 0 saturated carbocycles. The number of hydrogen-bond donors (Lipinski definition) is 1. The van der Waals surface area contributed by atoms with Gasteiger partial charge < -0.3 is 10.2 Å². The molecular formula is C29H30N2O2S. The van der Waals surface area contributed by atoms with Crippen molar-refractivity contribution in [2.75, 3.05) is 11.4 Å². The van der Waals surface area contributed by atoms with Gasteiger partial charge in [-0.25, -0.2) is 0 Å². The lowest BCUT2D eigenvalue weighted by molar-refractivity contribution is -0.114. The summed E-state index contributed by atoms with van der Waals surface area (Å²) in [5, 5.41) is 3.00. The van der Waals surface area contributed by atoms with Gasteiger partial charge in [-0.3, -0.25) is 9.59 Å². The summed E-state index contributed by atoms with van der Waals surface area (Å²) in [5.41, 5.74) is 4.53. The van der Waals surface area contributed by atoms with Gasteiger partial charge >= 0.3 is 0 Å². The molecule has 0 aliphatic carbocycles. The van der Waals surface area contributed by atoms with Crippen LogP contribution in [0.1, 0.15) is 47.3 Å². The molecule has 0 atom stereocenters. The summed E-state index contributed by atoms with van der Waals surface area (Å²) in [5.74, 6) is 0.361. The maximum atomic E-state index is 13.6. The van der Waals surface area contributed by atoms with E-state index in [1.165, 1.54) is 11.8 Å². The number of amides is 2. The van der Waals surface area contributed by atoms with Gasteiger partial charge in [-0.1, -0.05) is 85.8 Å². The average Bonchev–Trinajstić information content (AvgIpc) is 2.82. The van der Waals surface area contributed by atoms with E-state index in [-0.39, 0.29) is 11.8 Å². The van der Waals surface area contributed by atoms with Gasteiger partial charge in [0.1, 0.15) is 0 Å². The number of anilines is 1. The van der Waals surface area contributed by atoms with Crippen molar-refractivity contribution in [1.82, 2.24) is 5.32 Å². The third-order valence-corrected chi connectivity index (χ3v) is 6.79. The van der Waals surface area contributed by atoms with Crippen LogP contribution in [0, 0.1) is 12.8 Å². The lowest BCUT2D eigenvalue weighted by atomic mass is 10.1. The quantitative estimate of drug-likeness (QED) is 0.404. The summed E-state index contributed by atoms with van der Waals surface area (Å²) >= 11 is 1.46. The zero-order valence-electron chi connectivity index (χ0n) is 19.9. The average molecular weight is 471 g/mol. The molecule has 0 bridgehead atoms. The fraction of sp³-hybridized carbons (Fsp3) is 0.241. The van der Waals surface area contributed by atoms with Crippen molar-refractivity contribution in [1.29, 1.82) is 0 Å². The number of aryl methyl sites for hydroxylation is 1. The van der Waals surface area contributed by atoms with Gasteiger partial charge in [-0.2, -0.15) is 0 Å². The SMILES string of the molecule is Cc1cccc(CN2C(=O)/C(=C/c3ccccc3)Sc3ccc(C(=O)NCCC(C)C)cc32)c1. The molecule has 4 rings (SSSR count). The first-order valence-corrected chi connectivity index (χ1v) is 12.5. The molecule has 0 radical (unpaired) electrons. The molecule has 1 aliphatic rings. The van der Waals surface area contributed by atoms with E-state index in [1.807, 2.05) is 79.7 Å². The molecule has 34 heavy (non-hydrogen) atoms. The van der Waals surface area contributed by atoms with Gasteiger partial charge in [0.05, 0.1) is 17.1 Å². The van der Waals surface area contributed by atoms with Crippen LogP contribution in [0.15, 0.2) is 82.6 Å². The van der Waals surface area contributed by atoms with Gasteiger partial charge in [0.15, 0.2) is 0 Å². The molecule has 0 saturated heterocycles. The minimum Gasteiger partial charge on any atom is -0.352 e. The van der Waals surface area contributed by atoms with Gasteiger partial charge in [0, 0.05) is 17.0 Å². The van der Waals surface area contributed by atoms with E-state index < -0.39 is 0 Å². The van der Waals surface area contributed by atoms with E-state index in [2.05, 4.69) is 25.2 Å². The van der Waals surface area contributed by atoms with E-state index in [4.69, 9.17) is 0 Å². The number of nitrogens with one attached hydrogen (secondary N) is 1. The van der Waals surface area contributed by atoms with Crippen LogP contribution in [-0.2, 0) is 11.3 Å². The Morgan fingerprint density at radius 2 is 1.82 bits per heavy atom. The number of carbonyl (C=O) groups excluding carboxylic acids is 2. The number of rotatable bonds is 7. The van der Waals surface area contributed by atoms with Crippen molar-refractivity contribution in [2.24, 2.45) is 5.92 Å². The van der Waals surface area contributed by atoms with E-state index in [0.29, 0.717) is 29.5 Å². The number of fused-ring (bicyclic) bond motifs is 1. The Bertz CT molecular complexity index is 1220. The summed E-state index contributed by atoms with van der Waals surface area (Å²) in [6.07, 6.45) is 2.86. The predicted octanol–water partition coefficient (Wildman–Crippen LogP) is 6.45. The monoisotopic (exact) mass is 470 g/mol. The van der Waals surface area contributed by atoms with Crippen molar-refractivity contribution >= 4 is 35.3 Å². The molecular weight excluding hydrogens is 440 g/mol. The lowest BCUT2D eigenvalue weighted by Gasteiger charge is -2.31. The Kier molecular flexibility index (Phi) is 7.53. The van der Waals surface area contributed by atoms with Crippen LogP contribution in [0.2, 0.25) is 0 Å². The summed E-state index contributed by atoms with van der Waals surface area (Å²) < 4.78 is 0. The van der Waals surface area contributed by atoms with Crippen LogP contribution in [-0.4, -0.2) is 18.4 Å².